The van der Waals surface area contributed by atoms with Crippen molar-refractivity contribution in [3.63, 3.8) is 0 Å². The summed E-state index contributed by atoms with van der Waals surface area (Å²) in [6.07, 6.45) is 4.13. The Morgan fingerprint density at radius 3 is 3.09 bits per heavy atom. The van der Waals surface area contributed by atoms with Gasteiger partial charge in [0.2, 0.25) is 6.33 Å². The fourth-order valence-electron chi connectivity index (χ4n) is 0.566. The van der Waals surface area contributed by atoms with Crippen molar-refractivity contribution in [3.05, 3.63) is 6.33 Å². The molecule has 1 atom stereocenters. The Kier molecular flexibility index (Phi) is 2.53. The van der Waals surface area contributed by atoms with Gasteiger partial charge >= 0.3 is 0 Å². The Morgan fingerprint density at radius 1 is 1.73 bits per heavy atom. The molecule has 0 aromatic carbocycles. The molecule has 0 saturated heterocycles. The first kappa shape index (κ1) is 7.64. The van der Waals surface area contributed by atoms with Gasteiger partial charge in [0.1, 0.15) is 6.17 Å². The molecule has 1 heterocycles. The van der Waals surface area contributed by atoms with Crippen LogP contribution in [0.1, 0.15) is 13.1 Å². The maximum Gasteiger partial charge on any atom is 0.223 e. The summed E-state index contributed by atoms with van der Waals surface area (Å²) >= 11 is 0. The maximum absolute atomic E-state index is 3.75. The van der Waals surface area contributed by atoms with Crippen LogP contribution in [0.25, 0.3) is 0 Å². The minimum absolute atomic E-state index is 0.0197. The first-order valence-corrected chi connectivity index (χ1v) is 3.17. The standard InChI is InChI=1S/C5H9N6/c1-5(7-3-6-2)11-4-8-9-10-11/h3,5H,1-2H3,(H,6,7). The highest BCUT2D eigenvalue weighted by Gasteiger charge is 2.01. The molecule has 1 rings (SSSR count). The molecule has 6 nitrogen and oxygen atoms in total. The lowest BCUT2D eigenvalue weighted by Gasteiger charge is -2.07. The Morgan fingerprint density at radius 2 is 2.55 bits per heavy atom. The SMILES string of the molecule is C/N=C\NC(C)n1[c]nnn1. The lowest BCUT2D eigenvalue weighted by atomic mass is 10.6. The first-order chi connectivity index (χ1) is 5.34. The van der Waals surface area contributed by atoms with Gasteiger partial charge in [0.25, 0.3) is 0 Å². The van der Waals surface area contributed by atoms with Gasteiger partial charge in [-0.05, 0) is 17.4 Å². The van der Waals surface area contributed by atoms with Crippen molar-refractivity contribution in [1.82, 2.24) is 25.5 Å². The van der Waals surface area contributed by atoms with Crippen molar-refractivity contribution in [2.75, 3.05) is 7.05 Å². The fourth-order valence-corrected chi connectivity index (χ4v) is 0.566. The molecule has 0 amide bonds. The second-order valence-corrected chi connectivity index (χ2v) is 1.95. The second-order valence-electron chi connectivity index (χ2n) is 1.95. The van der Waals surface area contributed by atoms with E-state index in [9.17, 15) is 0 Å². The molecule has 1 radical (unpaired) electrons. The van der Waals surface area contributed by atoms with E-state index in [-0.39, 0.29) is 6.17 Å². The summed E-state index contributed by atoms with van der Waals surface area (Å²) in [5.41, 5.74) is 0. The summed E-state index contributed by atoms with van der Waals surface area (Å²) in [5, 5.41) is 13.4. The molecule has 0 bridgehead atoms. The van der Waals surface area contributed by atoms with Crippen LogP contribution in [0.15, 0.2) is 4.99 Å². The smallest absolute Gasteiger partial charge is 0.223 e. The van der Waals surface area contributed by atoms with Crippen molar-refractivity contribution >= 4 is 6.34 Å². The van der Waals surface area contributed by atoms with Gasteiger partial charge in [-0.1, -0.05) is 0 Å². The van der Waals surface area contributed by atoms with Crippen LogP contribution in [-0.4, -0.2) is 33.6 Å². The molecule has 0 fully saturated rings. The molecule has 0 aliphatic rings. The van der Waals surface area contributed by atoms with Crippen LogP contribution in [-0.2, 0) is 0 Å². The van der Waals surface area contributed by atoms with Crippen molar-refractivity contribution in [3.8, 4) is 0 Å². The van der Waals surface area contributed by atoms with Crippen LogP contribution in [0, 0.1) is 6.33 Å². The first-order valence-electron chi connectivity index (χ1n) is 3.17. The number of aromatic nitrogens is 4. The van der Waals surface area contributed by atoms with E-state index in [1.807, 2.05) is 6.92 Å². The van der Waals surface area contributed by atoms with Gasteiger partial charge in [-0.25, -0.2) is 0 Å². The molecule has 11 heavy (non-hydrogen) atoms. The molecular weight excluding hydrogens is 144 g/mol. The summed E-state index contributed by atoms with van der Waals surface area (Å²) < 4.78 is 1.47. The number of rotatable bonds is 3. The van der Waals surface area contributed by atoms with Gasteiger partial charge in [0.15, 0.2) is 0 Å². The molecule has 0 saturated carbocycles. The zero-order chi connectivity index (χ0) is 8.10. The van der Waals surface area contributed by atoms with Gasteiger partial charge in [-0.3, -0.25) is 4.99 Å². The molecule has 59 valence electrons. The van der Waals surface area contributed by atoms with Crippen molar-refractivity contribution in [2.45, 2.75) is 13.1 Å². The second kappa shape index (κ2) is 3.65. The predicted octanol–water partition coefficient (Wildman–Crippen LogP) is -0.761. The topological polar surface area (TPSA) is 68.0 Å². The molecule has 1 unspecified atom stereocenters. The number of nitrogens with one attached hydrogen (secondary N) is 1. The van der Waals surface area contributed by atoms with E-state index in [0.717, 1.165) is 0 Å². The fraction of sp³-hybridized carbons (Fsp3) is 0.600. The minimum atomic E-state index is -0.0197. The summed E-state index contributed by atoms with van der Waals surface area (Å²) in [6, 6.07) is 0. The maximum atomic E-state index is 3.75. The van der Waals surface area contributed by atoms with Crippen molar-refractivity contribution in [2.24, 2.45) is 4.99 Å². The summed E-state index contributed by atoms with van der Waals surface area (Å²) in [7, 11) is 1.68. The highest BCUT2D eigenvalue weighted by Crippen LogP contribution is 1.91. The molecule has 0 aliphatic carbocycles. The van der Waals surface area contributed by atoms with Gasteiger partial charge in [0.05, 0.1) is 6.34 Å². The van der Waals surface area contributed by atoms with Crippen LogP contribution in [0.5, 0.6) is 0 Å². The number of hydrogen-bond acceptors (Lipinski definition) is 4. The predicted molar refractivity (Wildman–Crippen MR) is 38.9 cm³/mol. The van der Waals surface area contributed by atoms with Crippen LogP contribution >= 0.6 is 0 Å². The van der Waals surface area contributed by atoms with Gasteiger partial charge in [-0.2, -0.15) is 4.68 Å². The summed E-state index contributed by atoms with van der Waals surface area (Å²) in [6.45, 7) is 1.90. The quantitative estimate of drug-likeness (QED) is 0.458. The third-order valence-corrected chi connectivity index (χ3v) is 1.14. The number of nitrogens with zero attached hydrogens (tertiary/aromatic N) is 5. The molecule has 1 N–H and O–H groups in total. The van der Waals surface area contributed by atoms with Gasteiger partial charge < -0.3 is 5.32 Å². The number of hydrogen-bond donors (Lipinski definition) is 1. The van der Waals surface area contributed by atoms with Gasteiger partial charge in [-0.15, -0.1) is 5.10 Å². The number of tetrazole rings is 1. The van der Waals surface area contributed by atoms with Crippen molar-refractivity contribution < 1.29 is 0 Å². The average Bonchev–Trinajstić information content (AvgIpc) is 2.52. The van der Waals surface area contributed by atoms with E-state index in [1.54, 1.807) is 13.4 Å². The molecule has 0 aliphatic heterocycles. The molecule has 1 aromatic rings. The lowest BCUT2D eigenvalue weighted by molar-refractivity contribution is 0.451. The monoisotopic (exact) mass is 153 g/mol. The molecular formula is C5H9N6. The Bertz CT molecular complexity index is 215. The van der Waals surface area contributed by atoms with Crippen LogP contribution in [0.3, 0.4) is 0 Å². The Labute approximate surface area is 64.3 Å². The van der Waals surface area contributed by atoms with E-state index >= 15 is 0 Å². The normalized spacial score (nSPS) is 13.6. The van der Waals surface area contributed by atoms with Crippen LogP contribution in [0.4, 0.5) is 0 Å². The minimum Gasteiger partial charge on any atom is -0.355 e. The van der Waals surface area contributed by atoms with Crippen molar-refractivity contribution in [1.29, 1.82) is 0 Å². The van der Waals surface area contributed by atoms with Gasteiger partial charge in [0, 0.05) is 7.05 Å². The summed E-state index contributed by atoms with van der Waals surface area (Å²) in [5.74, 6) is 0. The third kappa shape index (κ3) is 1.99. The van der Waals surface area contributed by atoms with E-state index in [0.29, 0.717) is 0 Å². The molecule has 6 heteroatoms. The molecule has 1 aromatic heterocycles. The molecule has 0 spiro atoms. The van der Waals surface area contributed by atoms with Crippen LogP contribution < -0.4 is 5.32 Å². The Balaban J connectivity index is 2.49. The largest absolute Gasteiger partial charge is 0.355 e. The zero-order valence-electron chi connectivity index (χ0n) is 6.39. The third-order valence-electron chi connectivity index (χ3n) is 1.14. The number of aliphatic imine (C=N–C) groups is 1. The lowest BCUT2D eigenvalue weighted by Crippen LogP contribution is -2.23. The average molecular weight is 153 g/mol. The zero-order valence-corrected chi connectivity index (χ0v) is 6.39. The Hall–Kier alpha value is -1.46. The van der Waals surface area contributed by atoms with E-state index in [1.165, 1.54) is 4.68 Å². The van der Waals surface area contributed by atoms with E-state index in [2.05, 4.69) is 32.2 Å². The van der Waals surface area contributed by atoms with E-state index < -0.39 is 0 Å². The summed E-state index contributed by atoms with van der Waals surface area (Å²) in [4.78, 5) is 3.75. The van der Waals surface area contributed by atoms with E-state index in [4.69, 9.17) is 0 Å². The van der Waals surface area contributed by atoms with Crippen LogP contribution in [0.2, 0.25) is 0 Å². The highest BCUT2D eigenvalue weighted by atomic mass is 15.6. The highest BCUT2D eigenvalue weighted by molar-refractivity contribution is 5.53.